The minimum Gasteiger partial charge on any atom is -0.385 e. The molecule has 13 heavy (non-hydrogen) atoms. The molecular formula is C11H11NO. The van der Waals surface area contributed by atoms with Gasteiger partial charge in [0, 0.05) is 17.1 Å². The van der Waals surface area contributed by atoms with Gasteiger partial charge in [-0.25, -0.2) is 0 Å². The van der Waals surface area contributed by atoms with Gasteiger partial charge in [0.05, 0.1) is 5.60 Å². The second-order valence-corrected chi connectivity index (χ2v) is 3.78. The van der Waals surface area contributed by atoms with E-state index in [1.165, 1.54) is 0 Å². The number of aliphatic hydroxyl groups is 1. The molecular weight excluding hydrogens is 162 g/mol. The van der Waals surface area contributed by atoms with Gasteiger partial charge in [0.15, 0.2) is 0 Å². The lowest BCUT2D eigenvalue weighted by molar-refractivity contribution is 0.153. The Bertz CT molecular complexity index is 454. The van der Waals surface area contributed by atoms with E-state index in [9.17, 15) is 5.11 Å². The number of hydrogen-bond donors (Lipinski definition) is 2. The van der Waals surface area contributed by atoms with Crippen molar-refractivity contribution in [3.8, 4) is 0 Å². The van der Waals surface area contributed by atoms with Crippen LogP contribution in [0.4, 0.5) is 0 Å². The first kappa shape index (κ1) is 7.15. The van der Waals surface area contributed by atoms with Gasteiger partial charge < -0.3 is 10.1 Å². The predicted octanol–water partition coefficient (Wildman–Crippen LogP) is 2.15. The third-order valence-corrected chi connectivity index (χ3v) is 2.82. The largest absolute Gasteiger partial charge is 0.385 e. The Morgan fingerprint density at radius 3 is 2.85 bits per heavy atom. The molecule has 2 nitrogen and oxygen atoms in total. The lowest BCUT2D eigenvalue weighted by Gasteiger charge is -2.08. The van der Waals surface area contributed by atoms with E-state index in [0.29, 0.717) is 0 Å². The molecule has 0 radical (unpaired) electrons. The quantitative estimate of drug-likeness (QED) is 0.681. The number of benzene rings is 1. The van der Waals surface area contributed by atoms with Gasteiger partial charge in [0.25, 0.3) is 0 Å². The molecule has 0 spiro atoms. The first-order valence-corrected chi connectivity index (χ1v) is 4.59. The average molecular weight is 173 g/mol. The van der Waals surface area contributed by atoms with Gasteiger partial charge in [-0.15, -0.1) is 0 Å². The highest BCUT2D eigenvalue weighted by Crippen LogP contribution is 2.47. The zero-order chi connectivity index (χ0) is 8.89. The van der Waals surface area contributed by atoms with Crippen molar-refractivity contribution in [2.45, 2.75) is 18.4 Å². The molecule has 0 aliphatic heterocycles. The van der Waals surface area contributed by atoms with Crippen LogP contribution in [-0.2, 0) is 5.60 Å². The van der Waals surface area contributed by atoms with Gasteiger partial charge in [0.2, 0.25) is 0 Å². The Morgan fingerprint density at radius 2 is 2.08 bits per heavy atom. The molecule has 0 bridgehead atoms. The third kappa shape index (κ3) is 0.923. The molecule has 66 valence electrons. The van der Waals surface area contributed by atoms with Gasteiger partial charge in [-0.3, -0.25) is 0 Å². The molecule has 3 rings (SSSR count). The summed E-state index contributed by atoms with van der Waals surface area (Å²) in [7, 11) is 0. The first-order chi connectivity index (χ1) is 6.30. The van der Waals surface area contributed by atoms with Crippen LogP contribution in [0, 0.1) is 0 Å². The van der Waals surface area contributed by atoms with Crippen molar-refractivity contribution in [3.05, 3.63) is 36.0 Å². The summed E-state index contributed by atoms with van der Waals surface area (Å²) in [4.78, 5) is 3.15. The maximum Gasteiger partial charge on any atom is 0.0905 e. The maximum absolute atomic E-state index is 10.0. The highest BCUT2D eigenvalue weighted by atomic mass is 16.3. The van der Waals surface area contributed by atoms with E-state index in [4.69, 9.17) is 0 Å². The fourth-order valence-corrected chi connectivity index (χ4v) is 1.88. The zero-order valence-corrected chi connectivity index (χ0v) is 7.25. The number of nitrogens with one attached hydrogen (secondary N) is 1. The molecule has 0 unspecified atom stereocenters. The Balaban J connectivity index is 2.33. The van der Waals surface area contributed by atoms with Crippen LogP contribution in [-0.4, -0.2) is 10.1 Å². The SMILES string of the molecule is OC1(c2cccc3[nH]ccc23)CC1. The Hall–Kier alpha value is -1.28. The van der Waals surface area contributed by atoms with Crippen LogP contribution in [0.2, 0.25) is 0 Å². The Morgan fingerprint density at radius 1 is 1.23 bits per heavy atom. The molecule has 0 amide bonds. The summed E-state index contributed by atoms with van der Waals surface area (Å²) in [5, 5.41) is 11.2. The van der Waals surface area contributed by atoms with Crippen molar-refractivity contribution >= 4 is 10.9 Å². The van der Waals surface area contributed by atoms with Crippen LogP contribution in [0.3, 0.4) is 0 Å². The summed E-state index contributed by atoms with van der Waals surface area (Å²) in [6.45, 7) is 0. The molecule has 1 aromatic heterocycles. The molecule has 2 aromatic rings. The average Bonchev–Trinajstić information content (AvgIpc) is 2.72. The van der Waals surface area contributed by atoms with Crippen LogP contribution in [0.25, 0.3) is 10.9 Å². The smallest absolute Gasteiger partial charge is 0.0905 e. The van der Waals surface area contributed by atoms with E-state index < -0.39 is 5.60 Å². The predicted molar refractivity (Wildman–Crippen MR) is 51.4 cm³/mol. The van der Waals surface area contributed by atoms with E-state index in [0.717, 1.165) is 29.3 Å². The molecule has 2 N–H and O–H groups in total. The standard InChI is InChI=1S/C11H11NO/c13-11(5-6-11)9-2-1-3-10-8(9)4-7-12-10/h1-4,7,12-13H,5-6H2. The second kappa shape index (κ2) is 2.15. The topological polar surface area (TPSA) is 36.0 Å². The number of aromatic nitrogens is 1. The normalized spacial score (nSPS) is 19.2. The Kier molecular flexibility index (Phi) is 1.18. The highest BCUT2D eigenvalue weighted by molar-refractivity contribution is 5.84. The first-order valence-electron chi connectivity index (χ1n) is 4.59. The Labute approximate surface area is 76.2 Å². The molecule has 1 aromatic carbocycles. The summed E-state index contributed by atoms with van der Waals surface area (Å²) in [6, 6.07) is 8.07. The monoisotopic (exact) mass is 173 g/mol. The van der Waals surface area contributed by atoms with Gasteiger partial charge in [-0.1, -0.05) is 12.1 Å². The van der Waals surface area contributed by atoms with E-state index in [1.54, 1.807) is 0 Å². The van der Waals surface area contributed by atoms with E-state index in [-0.39, 0.29) is 0 Å². The number of fused-ring (bicyclic) bond motifs is 1. The van der Waals surface area contributed by atoms with Crippen molar-refractivity contribution in [1.29, 1.82) is 0 Å². The summed E-state index contributed by atoms with van der Waals surface area (Å²) in [5.41, 5.74) is 1.66. The number of hydrogen-bond acceptors (Lipinski definition) is 1. The van der Waals surface area contributed by atoms with Crippen LogP contribution >= 0.6 is 0 Å². The van der Waals surface area contributed by atoms with Gasteiger partial charge in [-0.2, -0.15) is 0 Å². The fraction of sp³-hybridized carbons (Fsp3) is 0.273. The second-order valence-electron chi connectivity index (χ2n) is 3.78. The van der Waals surface area contributed by atoms with E-state index >= 15 is 0 Å². The van der Waals surface area contributed by atoms with Crippen molar-refractivity contribution in [2.75, 3.05) is 0 Å². The number of H-pyrrole nitrogens is 1. The van der Waals surface area contributed by atoms with Gasteiger partial charge in [-0.05, 0) is 30.5 Å². The number of aromatic amines is 1. The van der Waals surface area contributed by atoms with Gasteiger partial charge >= 0.3 is 0 Å². The molecule has 1 fully saturated rings. The molecule has 0 saturated heterocycles. The van der Waals surface area contributed by atoms with Crippen LogP contribution in [0.5, 0.6) is 0 Å². The summed E-state index contributed by atoms with van der Waals surface area (Å²) in [6.07, 6.45) is 3.72. The van der Waals surface area contributed by atoms with E-state index in [1.807, 2.05) is 30.5 Å². The summed E-state index contributed by atoms with van der Waals surface area (Å²) < 4.78 is 0. The van der Waals surface area contributed by atoms with Crippen molar-refractivity contribution in [3.63, 3.8) is 0 Å². The zero-order valence-electron chi connectivity index (χ0n) is 7.25. The van der Waals surface area contributed by atoms with Crippen molar-refractivity contribution in [1.82, 2.24) is 4.98 Å². The molecule has 2 heteroatoms. The van der Waals surface area contributed by atoms with E-state index in [2.05, 4.69) is 4.98 Å². The van der Waals surface area contributed by atoms with Crippen molar-refractivity contribution < 1.29 is 5.11 Å². The molecule has 1 heterocycles. The van der Waals surface area contributed by atoms with Crippen LogP contribution in [0.15, 0.2) is 30.5 Å². The molecule has 0 atom stereocenters. The summed E-state index contributed by atoms with van der Waals surface area (Å²) >= 11 is 0. The minimum absolute atomic E-state index is 0.526. The fourth-order valence-electron chi connectivity index (χ4n) is 1.88. The maximum atomic E-state index is 10.0. The summed E-state index contributed by atoms with van der Waals surface area (Å²) in [5.74, 6) is 0. The highest BCUT2D eigenvalue weighted by Gasteiger charge is 2.43. The third-order valence-electron chi connectivity index (χ3n) is 2.82. The van der Waals surface area contributed by atoms with Crippen LogP contribution in [0.1, 0.15) is 18.4 Å². The minimum atomic E-state index is -0.526. The van der Waals surface area contributed by atoms with Gasteiger partial charge in [0.1, 0.15) is 0 Å². The molecule has 1 aliphatic rings. The number of rotatable bonds is 1. The molecule has 1 aliphatic carbocycles. The molecule has 1 saturated carbocycles. The van der Waals surface area contributed by atoms with Crippen molar-refractivity contribution in [2.24, 2.45) is 0 Å². The lowest BCUT2D eigenvalue weighted by Crippen LogP contribution is -2.03. The van der Waals surface area contributed by atoms with Crippen LogP contribution < -0.4 is 0 Å². The lowest BCUT2D eigenvalue weighted by atomic mass is 10.0.